The number of nitrogens with one attached hydrogen (secondary N) is 1. The number of aliphatic hydroxyl groups excluding tert-OH is 1. The smallest absolute Gasteiger partial charge is 0.240 e. The van der Waals surface area contributed by atoms with Crippen LogP contribution in [0.4, 0.5) is 0 Å². The summed E-state index contributed by atoms with van der Waals surface area (Å²) in [6.45, 7) is 5.82. The molecule has 0 fully saturated rings. The summed E-state index contributed by atoms with van der Waals surface area (Å²) >= 11 is 0. The third-order valence-corrected chi connectivity index (χ3v) is 6.63. The van der Waals surface area contributed by atoms with Crippen LogP contribution in [-0.2, 0) is 10.0 Å². The molecule has 0 saturated carbocycles. The number of allylic oxidation sites excluding steroid dienone is 4. The molecule has 0 aliphatic heterocycles. The third kappa shape index (κ3) is 3.75. The van der Waals surface area contributed by atoms with E-state index in [0.29, 0.717) is 0 Å². The van der Waals surface area contributed by atoms with Crippen molar-refractivity contribution in [3.05, 3.63) is 77.4 Å². The summed E-state index contributed by atoms with van der Waals surface area (Å²) in [4.78, 5) is 0.207. The quantitative estimate of drug-likeness (QED) is 0.807. The molecule has 4 atom stereocenters. The van der Waals surface area contributed by atoms with Crippen molar-refractivity contribution in [2.75, 3.05) is 0 Å². The van der Waals surface area contributed by atoms with Crippen LogP contribution in [0.1, 0.15) is 19.4 Å². The summed E-state index contributed by atoms with van der Waals surface area (Å²) < 4.78 is 28.6. The molecule has 0 spiro atoms. The SMILES string of the molecule is CC1=CC=CC1[C@@H](NS(=O)(=O)c1ccc(C)cc1)[C@@H](O)C1C=CC=C1C. The number of hydrogen-bond acceptors (Lipinski definition) is 3. The number of benzene rings is 1. The largest absolute Gasteiger partial charge is 0.390 e. The van der Waals surface area contributed by atoms with Gasteiger partial charge in [0.1, 0.15) is 0 Å². The standard InChI is InChI=1S/C21H25NO3S/c1-14-10-12-17(13-11-14)26(24,25)22-20(18-8-4-6-15(18)2)21(23)19-9-5-7-16(19)3/h4-13,18-23H,1-3H3/t18?,19?,20-,21+/m1/s1. The van der Waals surface area contributed by atoms with Crippen LogP contribution in [0.25, 0.3) is 0 Å². The molecule has 0 heterocycles. The van der Waals surface area contributed by atoms with Gasteiger partial charge in [-0.25, -0.2) is 13.1 Å². The lowest BCUT2D eigenvalue weighted by molar-refractivity contribution is 0.0988. The average Bonchev–Trinajstić information content (AvgIpc) is 3.21. The molecular weight excluding hydrogens is 346 g/mol. The van der Waals surface area contributed by atoms with Crippen LogP contribution < -0.4 is 4.72 Å². The number of rotatable bonds is 6. The molecule has 3 rings (SSSR count). The van der Waals surface area contributed by atoms with Crippen LogP contribution >= 0.6 is 0 Å². The first-order valence-electron chi connectivity index (χ1n) is 8.76. The molecule has 0 radical (unpaired) electrons. The second-order valence-electron chi connectivity index (χ2n) is 7.09. The van der Waals surface area contributed by atoms with Crippen molar-refractivity contribution >= 4 is 10.0 Å². The van der Waals surface area contributed by atoms with Gasteiger partial charge in [-0.2, -0.15) is 0 Å². The first-order chi connectivity index (χ1) is 12.3. The maximum absolute atomic E-state index is 12.9. The topological polar surface area (TPSA) is 66.4 Å². The Morgan fingerprint density at radius 1 is 0.923 bits per heavy atom. The van der Waals surface area contributed by atoms with E-state index in [9.17, 15) is 13.5 Å². The number of aliphatic hydroxyl groups is 1. The predicted molar refractivity (Wildman–Crippen MR) is 104 cm³/mol. The molecule has 2 aliphatic carbocycles. The highest BCUT2D eigenvalue weighted by Crippen LogP contribution is 2.32. The van der Waals surface area contributed by atoms with Crippen LogP contribution in [-0.4, -0.2) is 25.7 Å². The molecule has 1 aromatic carbocycles. The van der Waals surface area contributed by atoms with Gasteiger partial charge in [0.05, 0.1) is 17.0 Å². The molecular formula is C21H25NO3S. The van der Waals surface area contributed by atoms with Crippen molar-refractivity contribution in [1.29, 1.82) is 0 Å². The van der Waals surface area contributed by atoms with E-state index in [-0.39, 0.29) is 16.7 Å². The van der Waals surface area contributed by atoms with E-state index < -0.39 is 22.2 Å². The van der Waals surface area contributed by atoms with Gasteiger partial charge in [-0.05, 0) is 32.9 Å². The first kappa shape index (κ1) is 18.8. The minimum Gasteiger partial charge on any atom is -0.390 e. The normalized spacial score (nSPS) is 24.5. The average molecular weight is 372 g/mol. The lowest BCUT2D eigenvalue weighted by atomic mass is 9.84. The van der Waals surface area contributed by atoms with E-state index in [1.165, 1.54) is 0 Å². The summed E-state index contributed by atoms with van der Waals surface area (Å²) in [5.41, 5.74) is 3.06. The first-order valence-corrected chi connectivity index (χ1v) is 10.2. The van der Waals surface area contributed by atoms with Crippen LogP contribution in [0.5, 0.6) is 0 Å². The summed E-state index contributed by atoms with van der Waals surface area (Å²) in [5, 5.41) is 11.0. The van der Waals surface area contributed by atoms with E-state index in [4.69, 9.17) is 0 Å². The number of hydrogen-bond donors (Lipinski definition) is 2. The van der Waals surface area contributed by atoms with Crippen molar-refractivity contribution in [2.45, 2.75) is 37.8 Å². The maximum atomic E-state index is 12.9. The van der Waals surface area contributed by atoms with Gasteiger partial charge in [0.25, 0.3) is 0 Å². The zero-order valence-corrected chi connectivity index (χ0v) is 16.1. The Balaban J connectivity index is 1.92. The second kappa shape index (κ2) is 7.35. The fourth-order valence-electron chi connectivity index (χ4n) is 3.51. The van der Waals surface area contributed by atoms with E-state index in [0.717, 1.165) is 16.7 Å². The highest BCUT2D eigenvalue weighted by atomic mass is 32.2. The molecule has 2 N–H and O–H groups in total. The summed E-state index contributed by atoms with van der Waals surface area (Å²) in [5.74, 6) is -0.366. The molecule has 4 nitrogen and oxygen atoms in total. The van der Waals surface area contributed by atoms with Gasteiger partial charge in [-0.3, -0.25) is 0 Å². The van der Waals surface area contributed by atoms with Crippen molar-refractivity contribution in [3.63, 3.8) is 0 Å². The molecule has 5 heteroatoms. The molecule has 0 aromatic heterocycles. The molecule has 2 aliphatic rings. The second-order valence-corrected chi connectivity index (χ2v) is 8.81. The number of aryl methyl sites for hydroxylation is 1. The summed E-state index contributed by atoms with van der Waals surface area (Å²) in [6.07, 6.45) is 10.7. The van der Waals surface area contributed by atoms with Gasteiger partial charge >= 0.3 is 0 Å². The molecule has 0 bridgehead atoms. The summed E-state index contributed by atoms with van der Waals surface area (Å²) in [7, 11) is -3.74. The fourth-order valence-corrected chi connectivity index (χ4v) is 4.78. The van der Waals surface area contributed by atoms with Crippen molar-refractivity contribution in [1.82, 2.24) is 4.72 Å². The van der Waals surface area contributed by atoms with Crippen LogP contribution in [0.2, 0.25) is 0 Å². The Bertz CT molecular complexity index is 892. The highest BCUT2D eigenvalue weighted by molar-refractivity contribution is 7.89. The minimum absolute atomic E-state index is 0.174. The van der Waals surface area contributed by atoms with E-state index in [1.807, 2.05) is 57.2 Å². The maximum Gasteiger partial charge on any atom is 0.240 e. The lowest BCUT2D eigenvalue weighted by Crippen LogP contribution is -2.50. The Morgan fingerprint density at radius 3 is 1.96 bits per heavy atom. The minimum atomic E-state index is -3.74. The van der Waals surface area contributed by atoms with Gasteiger partial charge in [0, 0.05) is 11.8 Å². The van der Waals surface area contributed by atoms with Gasteiger partial charge in [0.15, 0.2) is 0 Å². The van der Waals surface area contributed by atoms with Crippen molar-refractivity contribution < 1.29 is 13.5 Å². The fraction of sp³-hybridized carbons (Fsp3) is 0.333. The Labute approximate surface area is 155 Å². The van der Waals surface area contributed by atoms with Gasteiger partial charge in [0.2, 0.25) is 10.0 Å². The molecule has 0 saturated heterocycles. The van der Waals surface area contributed by atoms with Crippen LogP contribution in [0.15, 0.2) is 76.8 Å². The Kier molecular flexibility index (Phi) is 5.32. The van der Waals surface area contributed by atoms with Crippen LogP contribution in [0, 0.1) is 18.8 Å². The van der Waals surface area contributed by atoms with Crippen molar-refractivity contribution in [2.24, 2.45) is 11.8 Å². The van der Waals surface area contributed by atoms with Gasteiger partial charge in [-0.15, -0.1) is 0 Å². The zero-order valence-electron chi connectivity index (χ0n) is 15.3. The number of sulfonamides is 1. The van der Waals surface area contributed by atoms with Gasteiger partial charge in [-0.1, -0.05) is 65.3 Å². The summed E-state index contributed by atoms with van der Waals surface area (Å²) in [6, 6.07) is 6.08. The molecule has 138 valence electrons. The molecule has 0 amide bonds. The predicted octanol–water partition coefficient (Wildman–Crippen LogP) is 3.27. The van der Waals surface area contributed by atoms with Gasteiger partial charge < -0.3 is 5.11 Å². The lowest BCUT2D eigenvalue weighted by Gasteiger charge is -2.32. The Hall–Kier alpha value is -1.95. The zero-order chi connectivity index (χ0) is 18.9. The van der Waals surface area contributed by atoms with Crippen molar-refractivity contribution in [3.8, 4) is 0 Å². The molecule has 26 heavy (non-hydrogen) atoms. The highest BCUT2D eigenvalue weighted by Gasteiger charge is 2.37. The van der Waals surface area contributed by atoms with E-state index >= 15 is 0 Å². The molecule has 2 unspecified atom stereocenters. The third-order valence-electron chi connectivity index (χ3n) is 5.15. The Morgan fingerprint density at radius 2 is 1.46 bits per heavy atom. The molecule has 1 aromatic rings. The van der Waals surface area contributed by atoms with E-state index in [1.54, 1.807) is 24.3 Å². The monoisotopic (exact) mass is 371 g/mol. The van der Waals surface area contributed by atoms with Crippen LogP contribution in [0.3, 0.4) is 0 Å². The van der Waals surface area contributed by atoms with E-state index in [2.05, 4.69) is 4.72 Å².